The summed E-state index contributed by atoms with van der Waals surface area (Å²) in [7, 11) is 0. The Hall–Kier alpha value is -3.54. The molecular formula is C34H30BrCl2F2N3O4. The highest BCUT2D eigenvalue weighted by Gasteiger charge is 2.54. The average Bonchev–Trinajstić information content (AvgIpc) is 3.40. The molecule has 0 saturated carbocycles. The minimum atomic E-state index is -1.56. The summed E-state index contributed by atoms with van der Waals surface area (Å²) in [4.78, 5) is 19.3. The van der Waals surface area contributed by atoms with E-state index in [1.807, 2.05) is 24.3 Å². The zero-order chi connectivity index (χ0) is 32.7. The molecule has 0 aliphatic carbocycles. The number of amides is 1. The number of hydrazine groups is 1. The third kappa shape index (κ3) is 8.05. The SMILES string of the molecule is O=C(NNCCc1cc(F)cc(F)c1)[C@@]1(Cc2ccccc2Br)N=C(c2ccc(OCCCO)cc2)O[C@H]1c1ccc(Cl)cc1Cl. The lowest BCUT2D eigenvalue weighted by atomic mass is 9.82. The van der Waals surface area contributed by atoms with E-state index in [4.69, 9.17) is 42.8 Å². The molecule has 240 valence electrons. The van der Waals surface area contributed by atoms with Crippen molar-refractivity contribution in [1.29, 1.82) is 0 Å². The lowest BCUT2D eigenvalue weighted by Gasteiger charge is -2.31. The first kappa shape index (κ1) is 33.8. The Bertz CT molecular complexity index is 1710. The molecule has 7 nitrogen and oxygen atoms in total. The van der Waals surface area contributed by atoms with Crippen LogP contribution in [0.4, 0.5) is 8.78 Å². The van der Waals surface area contributed by atoms with Gasteiger partial charge in [0.1, 0.15) is 17.4 Å². The molecular weight excluding hydrogens is 703 g/mol. The predicted octanol–water partition coefficient (Wildman–Crippen LogP) is 7.16. The van der Waals surface area contributed by atoms with Crippen molar-refractivity contribution in [2.24, 2.45) is 4.99 Å². The molecule has 0 radical (unpaired) electrons. The van der Waals surface area contributed by atoms with Crippen molar-refractivity contribution in [2.75, 3.05) is 19.8 Å². The molecule has 12 heteroatoms. The Kier molecular flexibility index (Phi) is 11.3. The van der Waals surface area contributed by atoms with E-state index in [2.05, 4.69) is 26.8 Å². The quantitative estimate of drug-likeness (QED) is 0.100. The van der Waals surface area contributed by atoms with Gasteiger partial charge >= 0.3 is 0 Å². The number of ether oxygens (including phenoxy) is 2. The number of halogens is 5. The zero-order valence-electron chi connectivity index (χ0n) is 24.4. The van der Waals surface area contributed by atoms with Gasteiger partial charge in [-0.1, -0.05) is 63.4 Å². The molecule has 1 amide bonds. The Balaban J connectivity index is 1.50. The van der Waals surface area contributed by atoms with Gasteiger partial charge in [-0.25, -0.2) is 19.2 Å². The molecule has 46 heavy (non-hydrogen) atoms. The van der Waals surface area contributed by atoms with Crippen LogP contribution in [0.25, 0.3) is 0 Å². The first-order valence-corrected chi connectivity index (χ1v) is 16.0. The summed E-state index contributed by atoms with van der Waals surface area (Å²) in [6, 6.07) is 22.8. The van der Waals surface area contributed by atoms with Gasteiger partial charge in [-0.2, -0.15) is 0 Å². The van der Waals surface area contributed by atoms with E-state index < -0.39 is 29.2 Å². The Morgan fingerprint density at radius 2 is 1.76 bits per heavy atom. The van der Waals surface area contributed by atoms with Crippen molar-refractivity contribution in [3.05, 3.63) is 133 Å². The molecule has 0 unspecified atom stereocenters. The second-order valence-electron chi connectivity index (χ2n) is 10.6. The number of nitrogens with one attached hydrogen (secondary N) is 2. The first-order chi connectivity index (χ1) is 22.2. The van der Waals surface area contributed by atoms with Gasteiger partial charge in [-0.3, -0.25) is 10.2 Å². The molecule has 3 N–H and O–H groups in total. The van der Waals surface area contributed by atoms with Crippen molar-refractivity contribution in [2.45, 2.75) is 30.9 Å². The van der Waals surface area contributed by atoms with Crippen LogP contribution >= 0.6 is 39.1 Å². The first-order valence-electron chi connectivity index (χ1n) is 14.5. The number of aliphatic imine (C=N–C) groups is 1. The number of aliphatic hydroxyl groups is 1. The number of benzene rings is 4. The van der Waals surface area contributed by atoms with Crippen LogP contribution in [0.1, 0.15) is 34.8 Å². The zero-order valence-corrected chi connectivity index (χ0v) is 27.5. The summed E-state index contributed by atoms with van der Waals surface area (Å²) in [5.74, 6) is -1.04. The van der Waals surface area contributed by atoms with E-state index in [9.17, 15) is 13.6 Å². The number of hydrogen-bond acceptors (Lipinski definition) is 6. The van der Waals surface area contributed by atoms with Crippen LogP contribution in [-0.2, 0) is 22.4 Å². The van der Waals surface area contributed by atoms with E-state index in [1.54, 1.807) is 42.5 Å². The van der Waals surface area contributed by atoms with Gasteiger partial charge in [-0.15, -0.1) is 0 Å². The molecule has 0 spiro atoms. The van der Waals surface area contributed by atoms with Crippen molar-refractivity contribution >= 4 is 50.9 Å². The summed E-state index contributed by atoms with van der Waals surface area (Å²) in [6.45, 7) is 0.569. The van der Waals surface area contributed by atoms with E-state index in [0.29, 0.717) is 45.5 Å². The summed E-state index contributed by atoms with van der Waals surface area (Å²) in [5.41, 5.74) is 6.42. The maximum absolute atomic E-state index is 14.3. The number of nitrogens with zero attached hydrogens (tertiary/aromatic N) is 1. The maximum atomic E-state index is 14.3. The monoisotopic (exact) mass is 731 g/mol. The van der Waals surface area contributed by atoms with Gasteiger partial charge in [0.25, 0.3) is 5.91 Å². The highest BCUT2D eigenvalue weighted by atomic mass is 79.9. The number of hydrogen-bond donors (Lipinski definition) is 3. The fourth-order valence-electron chi connectivity index (χ4n) is 5.12. The van der Waals surface area contributed by atoms with Crippen molar-refractivity contribution in [1.82, 2.24) is 10.9 Å². The minimum Gasteiger partial charge on any atom is -0.494 e. The third-order valence-electron chi connectivity index (χ3n) is 7.36. The molecule has 4 aromatic rings. The summed E-state index contributed by atoms with van der Waals surface area (Å²) >= 11 is 16.5. The number of aliphatic hydroxyl groups excluding tert-OH is 1. The van der Waals surface area contributed by atoms with E-state index in [-0.39, 0.29) is 31.9 Å². The summed E-state index contributed by atoms with van der Waals surface area (Å²) in [6.07, 6.45) is -0.108. The van der Waals surface area contributed by atoms with Crippen LogP contribution in [0.5, 0.6) is 5.75 Å². The molecule has 1 heterocycles. The fourth-order valence-corrected chi connectivity index (χ4v) is 6.05. The predicted molar refractivity (Wildman–Crippen MR) is 177 cm³/mol. The summed E-state index contributed by atoms with van der Waals surface area (Å²) in [5, 5.41) is 9.76. The van der Waals surface area contributed by atoms with E-state index >= 15 is 0 Å². The Morgan fingerprint density at radius 1 is 1.02 bits per heavy atom. The fraction of sp³-hybridized carbons (Fsp3) is 0.235. The molecule has 0 bridgehead atoms. The molecule has 0 aromatic heterocycles. The topological polar surface area (TPSA) is 92.2 Å². The van der Waals surface area contributed by atoms with Gasteiger partial charge in [-0.05, 0) is 72.1 Å². The van der Waals surface area contributed by atoms with Crippen LogP contribution in [0.2, 0.25) is 10.0 Å². The molecule has 0 fully saturated rings. The molecule has 2 atom stereocenters. The Morgan fingerprint density at radius 3 is 2.46 bits per heavy atom. The lowest BCUT2D eigenvalue weighted by molar-refractivity contribution is -0.130. The number of carbonyl (C=O) groups excluding carboxylic acids is 1. The summed E-state index contributed by atoms with van der Waals surface area (Å²) < 4.78 is 40.3. The van der Waals surface area contributed by atoms with Gasteiger partial charge in [0.15, 0.2) is 11.6 Å². The largest absolute Gasteiger partial charge is 0.494 e. The number of rotatable bonds is 13. The number of carbonyl (C=O) groups is 1. The van der Waals surface area contributed by atoms with Crippen molar-refractivity contribution in [3.63, 3.8) is 0 Å². The molecule has 5 rings (SSSR count). The molecule has 1 aliphatic rings. The standard InChI is InChI=1S/C34H30BrCl2F2N3O4/c35-29-5-2-1-4-23(29)20-34(33(44)42-40-13-12-21-16-25(38)19-26(39)17-21)31(28-11-8-24(36)18-30(28)37)46-32(41-34)22-6-9-27(10-7-22)45-15-3-14-43/h1-2,4-11,16-19,31,40,43H,3,12-15,20H2,(H,42,44)/t31-,34-/m0/s1. The lowest BCUT2D eigenvalue weighted by Crippen LogP contribution is -2.54. The highest BCUT2D eigenvalue weighted by molar-refractivity contribution is 9.10. The van der Waals surface area contributed by atoms with Gasteiger partial charge in [0, 0.05) is 57.7 Å². The highest BCUT2D eigenvalue weighted by Crippen LogP contribution is 2.45. The van der Waals surface area contributed by atoms with Gasteiger partial charge in [0.05, 0.1) is 6.61 Å². The van der Waals surface area contributed by atoms with Gasteiger partial charge < -0.3 is 14.6 Å². The minimum absolute atomic E-state index is 0.0251. The molecule has 1 aliphatic heterocycles. The maximum Gasteiger partial charge on any atom is 0.266 e. The van der Waals surface area contributed by atoms with Crippen LogP contribution in [-0.4, -0.2) is 42.2 Å². The normalized spacial score (nSPS) is 17.3. The van der Waals surface area contributed by atoms with E-state index in [1.165, 1.54) is 12.1 Å². The van der Waals surface area contributed by atoms with Crippen molar-refractivity contribution < 1.29 is 28.2 Å². The third-order valence-corrected chi connectivity index (χ3v) is 8.69. The molecule has 4 aromatic carbocycles. The van der Waals surface area contributed by atoms with E-state index in [0.717, 1.165) is 16.1 Å². The second kappa shape index (κ2) is 15.4. The van der Waals surface area contributed by atoms with Crippen LogP contribution in [0, 0.1) is 11.6 Å². The van der Waals surface area contributed by atoms with Crippen LogP contribution < -0.4 is 15.6 Å². The van der Waals surface area contributed by atoms with Crippen LogP contribution in [0.3, 0.4) is 0 Å². The smallest absolute Gasteiger partial charge is 0.266 e. The van der Waals surface area contributed by atoms with Gasteiger partial charge in [0.2, 0.25) is 5.90 Å². The van der Waals surface area contributed by atoms with Crippen LogP contribution in [0.15, 0.2) is 94.4 Å². The average molecular weight is 733 g/mol. The Labute approximate surface area is 283 Å². The van der Waals surface area contributed by atoms with Crippen molar-refractivity contribution in [3.8, 4) is 5.75 Å². The molecule has 0 saturated heterocycles. The second-order valence-corrected chi connectivity index (χ2v) is 12.3.